The Bertz CT molecular complexity index is 512. The Hall–Kier alpha value is -1.82. The van der Waals surface area contributed by atoms with Gasteiger partial charge >= 0.3 is 0 Å². The van der Waals surface area contributed by atoms with Gasteiger partial charge < -0.3 is 15.4 Å². The van der Waals surface area contributed by atoms with E-state index in [4.69, 9.17) is 0 Å². The third-order valence-corrected chi connectivity index (χ3v) is 3.85. The number of rotatable bonds is 11. The van der Waals surface area contributed by atoms with Crippen LogP contribution in [0.25, 0.3) is 0 Å². The van der Waals surface area contributed by atoms with Crippen molar-refractivity contribution in [3.05, 3.63) is 36.0 Å². The summed E-state index contributed by atoms with van der Waals surface area (Å²) in [7, 11) is 0. The van der Waals surface area contributed by atoms with Gasteiger partial charge in [0.1, 0.15) is 6.29 Å². The molecule has 0 heterocycles. The van der Waals surface area contributed by atoms with Gasteiger partial charge in [0.25, 0.3) is 0 Å². The Morgan fingerprint density at radius 3 is 2.79 bits per heavy atom. The normalized spacial score (nSPS) is 14.5. The minimum absolute atomic E-state index is 0.0818. The molecule has 1 atom stereocenters. The summed E-state index contributed by atoms with van der Waals surface area (Å²) in [6.45, 7) is 0.603. The van der Waals surface area contributed by atoms with Crippen molar-refractivity contribution in [1.29, 1.82) is 0 Å². The standard InChI is InChI=1S/C18H26N2O3S/c21-13-16(12-15-8-4-1-2-5-9-15)20-17(22)10-6-3-7-11-19-18(23)14-24/h1,4-5,8-9,13,16,24H,2-3,6-7,10-12,14H2,(H,19,23)(H,20,22). The molecule has 0 aromatic rings. The topological polar surface area (TPSA) is 75.3 Å². The van der Waals surface area contributed by atoms with Crippen molar-refractivity contribution in [1.82, 2.24) is 10.6 Å². The zero-order valence-electron chi connectivity index (χ0n) is 13.9. The third kappa shape index (κ3) is 9.35. The molecule has 0 aliphatic heterocycles. The lowest BCUT2D eigenvalue weighted by Gasteiger charge is -2.13. The lowest BCUT2D eigenvalue weighted by molar-refractivity contribution is -0.124. The molecule has 1 aliphatic rings. The average molecular weight is 350 g/mol. The van der Waals surface area contributed by atoms with E-state index in [9.17, 15) is 14.4 Å². The third-order valence-electron chi connectivity index (χ3n) is 3.56. The molecule has 0 aromatic carbocycles. The SMILES string of the molecule is O=CC(CC1=CC=CCC=C1)NC(=O)CCCCCNC(=O)CS. The summed E-state index contributed by atoms with van der Waals surface area (Å²) in [5.41, 5.74) is 1.03. The van der Waals surface area contributed by atoms with Crippen LogP contribution in [0, 0.1) is 0 Å². The largest absolute Gasteiger partial charge is 0.355 e. The summed E-state index contributed by atoms with van der Waals surface area (Å²) in [4.78, 5) is 34.1. The van der Waals surface area contributed by atoms with Crippen molar-refractivity contribution in [2.45, 2.75) is 44.6 Å². The van der Waals surface area contributed by atoms with Crippen LogP contribution in [-0.4, -0.2) is 36.4 Å². The van der Waals surface area contributed by atoms with E-state index in [-0.39, 0.29) is 17.6 Å². The number of thiol groups is 1. The molecule has 0 radical (unpaired) electrons. The number of nitrogens with one attached hydrogen (secondary N) is 2. The highest BCUT2D eigenvalue weighted by Gasteiger charge is 2.12. The Morgan fingerprint density at radius 2 is 2.04 bits per heavy atom. The van der Waals surface area contributed by atoms with Gasteiger partial charge in [-0.1, -0.05) is 36.8 Å². The number of carbonyl (C=O) groups excluding carboxylic acids is 3. The molecule has 132 valence electrons. The molecule has 5 nitrogen and oxygen atoms in total. The summed E-state index contributed by atoms with van der Waals surface area (Å²) in [6.07, 6.45) is 15.0. The van der Waals surface area contributed by atoms with Crippen molar-refractivity contribution in [2.24, 2.45) is 0 Å². The molecular weight excluding hydrogens is 324 g/mol. The highest BCUT2D eigenvalue weighted by atomic mass is 32.1. The zero-order valence-corrected chi connectivity index (χ0v) is 14.8. The van der Waals surface area contributed by atoms with Gasteiger partial charge in [0.05, 0.1) is 11.8 Å². The van der Waals surface area contributed by atoms with Crippen LogP contribution in [-0.2, 0) is 14.4 Å². The fourth-order valence-corrected chi connectivity index (χ4v) is 2.41. The molecule has 0 saturated heterocycles. The summed E-state index contributed by atoms with van der Waals surface area (Å²) in [6, 6.07) is -0.491. The van der Waals surface area contributed by atoms with E-state index in [0.29, 0.717) is 19.4 Å². The van der Waals surface area contributed by atoms with E-state index in [1.54, 1.807) is 0 Å². The predicted molar refractivity (Wildman–Crippen MR) is 98.9 cm³/mol. The van der Waals surface area contributed by atoms with Crippen molar-refractivity contribution in [3.63, 3.8) is 0 Å². The fourth-order valence-electron chi connectivity index (χ4n) is 2.30. The minimum atomic E-state index is -0.491. The number of aldehydes is 1. The number of amides is 2. The lowest BCUT2D eigenvalue weighted by Crippen LogP contribution is -2.36. The lowest BCUT2D eigenvalue weighted by atomic mass is 10.1. The van der Waals surface area contributed by atoms with Crippen molar-refractivity contribution >= 4 is 30.7 Å². The monoisotopic (exact) mass is 350 g/mol. The highest BCUT2D eigenvalue weighted by molar-refractivity contribution is 7.81. The Morgan fingerprint density at radius 1 is 1.21 bits per heavy atom. The van der Waals surface area contributed by atoms with E-state index in [1.807, 2.05) is 30.4 Å². The smallest absolute Gasteiger partial charge is 0.229 e. The van der Waals surface area contributed by atoms with Crippen LogP contribution in [0.5, 0.6) is 0 Å². The Balaban J connectivity index is 2.20. The number of unbranched alkanes of at least 4 members (excludes halogenated alkanes) is 2. The molecule has 2 amide bonds. The second-order valence-corrected chi connectivity index (χ2v) is 5.96. The second-order valence-electron chi connectivity index (χ2n) is 5.64. The first kappa shape index (κ1) is 20.2. The molecule has 0 aromatic heterocycles. The maximum absolute atomic E-state index is 11.9. The molecule has 0 saturated carbocycles. The van der Waals surface area contributed by atoms with Crippen LogP contribution in [0.1, 0.15) is 38.5 Å². The van der Waals surface area contributed by atoms with Gasteiger partial charge in [-0.05, 0) is 31.3 Å². The van der Waals surface area contributed by atoms with Gasteiger partial charge in [0, 0.05) is 13.0 Å². The van der Waals surface area contributed by atoms with Gasteiger partial charge in [0.2, 0.25) is 11.8 Å². The van der Waals surface area contributed by atoms with Crippen LogP contribution in [0.2, 0.25) is 0 Å². The quantitative estimate of drug-likeness (QED) is 0.303. The van der Waals surface area contributed by atoms with E-state index in [0.717, 1.165) is 37.5 Å². The molecule has 1 aliphatic carbocycles. The highest BCUT2D eigenvalue weighted by Crippen LogP contribution is 2.11. The van der Waals surface area contributed by atoms with Crippen molar-refractivity contribution in [2.75, 3.05) is 12.3 Å². The van der Waals surface area contributed by atoms with Gasteiger partial charge in [0.15, 0.2) is 0 Å². The number of carbonyl (C=O) groups is 3. The maximum Gasteiger partial charge on any atom is 0.229 e. The molecule has 0 fully saturated rings. The molecule has 6 heteroatoms. The van der Waals surface area contributed by atoms with E-state index >= 15 is 0 Å². The Labute approximate surface area is 149 Å². The molecule has 24 heavy (non-hydrogen) atoms. The van der Waals surface area contributed by atoms with E-state index in [2.05, 4.69) is 23.3 Å². The molecule has 1 rings (SSSR count). The van der Waals surface area contributed by atoms with Gasteiger partial charge in [-0.15, -0.1) is 0 Å². The molecule has 1 unspecified atom stereocenters. The second kappa shape index (κ2) is 12.6. The van der Waals surface area contributed by atoms with Crippen LogP contribution < -0.4 is 10.6 Å². The van der Waals surface area contributed by atoms with Crippen molar-refractivity contribution in [3.8, 4) is 0 Å². The first-order chi connectivity index (χ1) is 11.7. The summed E-state index contributed by atoms with van der Waals surface area (Å²) in [5.74, 6) is -0.00136. The molecule has 0 bridgehead atoms. The first-order valence-electron chi connectivity index (χ1n) is 8.30. The van der Waals surface area contributed by atoms with E-state index in [1.165, 1.54) is 0 Å². The van der Waals surface area contributed by atoms with Crippen molar-refractivity contribution < 1.29 is 14.4 Å². The average Bonchev–Trinajstić information content (AvgIpc) is 2.85. The molecular formula is C18H26N2O3S. The van der Waals surface area contributed by atoms with Crippen LogP contribution in [0.3, 0.4) is 0 Å². The summed E-state index contributed by atoms with van der Waals surface area (Å²) >= 11 is 3.87. The Kier molecular flexibility index (Phi) is 10.6. The minimum Gasteiger partial charge on any atom is -0.355 e. The molecule has 2 N–H and O–H groups in total. The fraction of sp³-hybridized carbons (Fsp3) is 0.500. The van der Waals surface area contributed by atoms with Gasteiger partial charge in [-0.25, -0.2) is 0 Å². The van der Waals surface area contributed by atoms with Crippen LogP contribution in [0.15, 0.2) is 36.0 Å². The van der Waals surface area contributed by atoms with Gasteiger partial charge in [-0.3, -0.25) is 9.59 Å². The maximum atomic E-state index is 11.9. The zero-order chi connectivity index (χ0) is 17.6. The van der Waals surface area contributed by atoms with Crippen LogP contribution in [0.4, 0.5) is 0 Å². The van der Waals surface area contributed by atoms with Gasteiger partial charge in [-0.2, -0.15) is 12.6 Å². The number of hydrogen-bond acceptors (Lipinski definition) is 4. The van der Waals surface area contributed by atoms with Crippen LogP contribution >= 0.6 is 12.6 Å². The van der Waals surface area contributed by atoms with E-state index < -0.39 is 6.04 Å². The summed E-state index contributed by atoms with van der Waals surface area (Å²) in [5, 5.41) is 5.50. The number of allylic oxidation sites excluding steroid dienone is 5. The summed E-state index contributed by atoms with van der Waals surface area (Å²) < 4.78 is 0. The number of hydrogen-bond donors (Lipinski definition) is 3. The first-order valence-corrected chi connectivity index (χ1v) is 8.93. The predicted octanol–water partition coefficient (Wildman–Crippen LogP) is 2.11. The molecule has 0 spiro atoms.